The molecule has 2 amide bonds. The van der Waals surface area contributed by atoms with Crippen molar-refractivity contribution in [1.82, 2.24) is 10.2 Å². The Balaban J connectivity index is 2.20. The molecule has 0 radical (unpaired) electrons. The van der Waals surface area contributed by atoms with E-state index in [0.29, 0.717) is 13.0 Å². The largest absolute Gasteiger partial charge is 0.497 e. The summed E-state index contributed by atoms with van der Waals surface area (Å²) >= 11 is 0. The molecule has 1 aromatic rings. The molecule has 1 fully saturated rings. The zero-order valence-corrected chi connectivity index (χ0v) is 11.1. The van der Waals surface area contributed by atoms with Crippen molar-refractivity contribution in [2.24, 2.45) is 0 Å². The fourth-order valence-corrected chi connectivity index (χ4v) is 2.07. The topological polar surface area (TPSA) is 58.6 Å². The van der Waals surface area contributed by atoms with Gasteiger partial charge in [-0.15, -0.1) is 0 Å². The van der Waals surface area contributed by atoms with Gasteiger partial charge in [-0.1, -0.05) is 0 Å². The average Bonchev–Trinajstić information content (AvgIpc) is 2.69. The van der Waals surface area contributed by atoms with E-state index in [4.69, 9.17) is 4.74 Å². The van der Waals surface area contributed by atoms with Gasteiger partial charge < -0.3 is 15.0 Å². The number of rotatable bonds is 3. The number of nitrogens with zero attached hydrogens (tertiary/aromatic N) is 1. The Labute approximate surface area is 114 Å². The predicted molar refractivity (Wildman–Crippen MR) is 66.4 cm³/mol. The van der Waals surface area contributed by atoms with Crippen LogP contribution in [0.15, 0.2) is 12.1 Å². The Bertz CT molecular complexity index is 540. The highest BCUT2D eigenvalue weighted by molar-refractivity contribution is 5.98. The lowest BCUT2D eigenvalue weighted by Crippen LogP contribution is -2.41. The van der Waals surface area contributed by atoms with E-state index in [9.17, 15) is 18.4 Å². The predicted octanol–water partition coefficient (Wildman–Crippen LogP) is 0.934. The Morgan fingerprint density at radius 2 is 2.00 bits per heavy atom. The summed E-state index contributed by atoms with van der Waals surface area (Å²) in [6.07, 6.45) is 0.417. The van der Waals surface area contributed by atoms with Crippen LogP contribution < -0.4 is 10.1 Å². The van der Waals surface area contributed by atoms with E-state index < -0.39 is 29.1 Å². The molecule has 0 aliphatic carbocycles. The van der Waals surface area contributed by atoms with Crippen LogP contribution in [0.3, 0.4) is 0 Å². The van der Waals surface area contributed by atoms with Crippen molar-refractivity contribution in [2.75, 3.05) is 20.7 Å². The van der Waals surface area contributed by atoms with Gasteiger partial charge in [-0.2, -0.15) is 0 Å². The number of methoxy groups -OCH3 is 1. The molecule has 0 saturated carbocycles. The first-order valence-electron chi connectivity index (χ1n) is 6.03. The first-order chi connectivity index (χ1) is 9.43. The van der Waals surface area contributed by atoms with Crippen LogP contribution in [-0.2, 0) is 4.79 Å². The number of benzene rings is 1. The highest BCUT2D eigenvalue weighted by Gasteiger charge is 2.31. The molecule has 1 heterocycles. The van der Waals surface area contributed by atoms with Crippen molar-refractivity contribution in [1.29, 1.82) is 0 Å². The first-order valence-corrected chi connectivity index (χ1v) is 6.03. The van der Waals surface area contributed by atoms with Gasteiger partial charge >= 0.3 is 0 Å². The first kappa shape index (κ1) is 14.2. The second kappa shape index (κ2) is 5.44. The minimum Gasteiger partial charge on any atom is -0.497 e. The summed E-state index contributed by atoms with van der Waals surface area (Å²) in [6, 6.07) is 1.09. The molecule has 1 N–H and O–H groups in total. The van der Waals surface area contributed by atoms with Crippen molar-refractivity contribution >= 4 is 11.8 Å². The number of halogens is 2. The number of carbonyl (C=O) groups excluding carboxylic acids is 2. The second-order valence-electron chi connectivity index (χ2n) is 4.54. The third-order valence-electron chi connectivity index (χ3n) is 3.21. The van der Waals surface area contributed by atoms with E-state index in [1.165, 1.54) is 12.0 Å². The van der Waals surface area contributed by atoms with E-state index in [1.54, 1.807) is 7.05 Å². The summed E-state index contributed by atoms with van der Waals surface area (Å²) in [5.41, 5.74) is -0.715. The normalized spacial score (nSPS) is 18.3. The Hall–Kier alpha value is -2.18. The molecule has 20 heavy (non-hydrogen) atoms. The van der Waals surface area contributed by atoms with Gasteiger partial charge in [-0.05, 0) is 6.42 Å². The van der Waals surface area contributed by atoms with Crippen molar-refractivity contribution < 1.29 is 23.1 Å². The summed E-state index contributed by atoms with van der Waals surface area (Å²) in [5, 5.41) is 2.34. The lowest BCUT2D eigenvalue weighted by Gasteiger charge is -2.13. The van der Waals surface area contributed by atoms with E-state index in [2.05, 4.69) is 5.32 Å². The van der Waals surface area contributed by atoms with Gasteiger partial charge in [-0.3, -0.25) is 9.59 Å². The molecular weight excluding hydrogens is 270 g/mol. The number of hydrogen-bond donors (Lipinski definition) is 1. The number of nitrogens with one attached hydrogen (secondary N) is 1. The molecule has 2 rings (SSSR count). The van der Waals surface area contributed by atoms with Gasteiger partial charge in [0, 0.05) is 25.7 Å². The summed E-state index contributed by atoms with van der Waals surface area (Å²) in [5.74, 6) is -3.30. The fourth-order valence-electron chi connectivity index (χ4n) is 2.07. The van der Waals surface area contributed by atoms with Crippen LogP contribution in [0.25, 0.3) is 0 Å². The number of ether oxygens (including phenoxy) is 1. The molecule has 1 unspecified atom stereocenters. The van der Waals surface area contributed by atoms with E-state index in [-0.39, 0.29) is 11.7 Å². The van der Waals surface area contributed by atoms with Crippen molar-refractivity contribution in [3.05, 3.63) is 29.3 Å². The van der Waals surface area contributed by atoms with Crippen molar-refractivity contribution in [3.63, 3.8) is 0 Å². The smallest absolute Gasteiger partial charge is 0.257 e. The molecule has 7 heteroatoms. The van der Waals surface area contributed by atoms with Gasteiger partial charge in [0.05, 0.1) is 7.11 Å². The summed E-state index contributed by atoms with van der Waals surface area (Å²) in [7, 11) is 2.87. The quantitative estimate of drug-likeness (QED) is 0.898. The minimum absolute atomic E-state index is 0.0202. The maximum atomic E-state index is 13.7. The van der Waals surface area contributed by atoms with Crippen LogP contribution in [-0.4, -0.2) is 43.5 Å². The molecule has 1 aliphatic heterocycles. The Morgan fingerprint density at radius 3 is 2.45 bits per heavy atom. The van der Waals surface area contributed by atoms with Crippen molar-refractivity contribution in [2.45, 2.75) is 12.5 Å². The van der Waals surface area contributed by atoms with Crippen LogP contribution in [0.5, 0.6) is 5.75 Å². The Kier molecular flexibility index (Phi) is 3.87. The van der Waals surface area contributed by atoms with Crippen LogP contribution in [0, 0.1) is 11.6 Å². The van der Waals surface area contributed by atoms with Crippen LogP contribution in [0.4, 0.5) is 8.78 Å². The molecule has 1 atom stereocenters. The zero-order valence-electron chi connectivity index (χ0n) is 11.1. The second-order valence-corrected chi connectivity index (χ2v) is 4.54. The van der Waals surface area contributed by atoms with Crippen molar-refractivity contribution in [3.8, 4) is 5.75 Å². The maximum Gasteiger partial charge on any atom is 0.257 e. The number of hydrogen-bond acceptors (Lipinski definition) is 3. The summed E-state index contributed by atoms with van der Waals surface area (Å²) in [4.78, 5) is 25.0. The molecule has 1 aromatic carbocycles. The van der Waals surface area contributed by atoms with E-state index >= 15 is 0 Å². The molecule has 1 aliphatic rings. The molecule has 0 spiro atoms. The van der Waals surface area contributed by atoms with Gasteiger partial charge in [0.1, 0.15) is 29.0 Å². The van der Waals surface area contributed by atoms with Gasteiger partial charge in [-0.25, -0.2) is 8.78 Å². The van der Waals surface area contributed by atoms with Gasteiger partial charge in [0.15, 0.2) is 0 Å². The van der Waals surface area contributed by atoms with Crippen LogP contribution >= 0.6 is 0 Å². The highest BCUT2D eigenvalue weighted by atomic mass is 19.1. The third-order valence-corrected chi connectivity index (χ3v) is 3.21. The number of likely N-dealkylation sites (tertiary alicyclic amines) is 1. The highest BCUT2D eigenvalue weighted by Crippen LogP contribution is 2.21. The minimum atomic E-state index is -1.03. The summed E-state index contributed by atoms with van der Waals surface area (Å²) in [6.45, 7) is 0.497. The monoisotopic (exact) mass is 284 g/mol. The molecule has 5 nitrogen and oxygen atoms in total. The number of carbonyl (C=O) groups is 2. The Morgan fingerprint density at radius 1 is 1.40 bits per heavy atom. The van der Waals surface area contributed by atoms with Crippen LogP contribution in [0.1, 0.15) is 16.8 Å². The fraction of sp³-hybridized carbons (Fsp3) is 0.385. The lowest BCUT2D eigenvalue weighted by molar-refractivity contribution is -0.128. The van der Waals surface area contributed by atoms with Gasteiger partial charge in [0.2, 0.25) is 5.91 Å². The van der Waals surface area contributed by atoms with Gasteiger partial charge in [0.25, 0.3) is 5.91 Å². The van der Waals surface area contributed by atoms with Crippen LogP contribution in [0.2, 0.25) is 0 Å². The van der Waals surface area contributed by atoms with E-state index in [0.717, 1.165) is 12.1 Å². The van der Waals surface area contributed by atoms with E-state index in [1.807, 2.05) is 0 Å². The molecule has 0 bridgehead atoms. The molecule has 1 saturated heterocycles. The average molecular weight is 284 g/mol. The lowest BCUT2D eigenvalue weighted by atomic mass is 10.1. The SMILES string of the molecule is COc1cc(F)c(C(=O)NC2CCN(C)C2=O)c(F)c1. The number of likely N-dealkylation sites (N-methyl/N-ethyl adjacent to an activating group) is 1. The maximum absolute atomic E-state index is 13.7. The molecular formula is C13H14F2N2O3. The number of amides is 2. The zero-order chi connectivity index (χ0) is 14.9. The molecule has 108 valence electrons. The third kappa shape index (κ3) is 2.56. The summed E-state index contributed by atoms with van der Waals surface area (Å²) < 4.78 is 32.1. The molecule has 0 aromatic heterocycles. The standard InChI is InChI=1S/C13H14F2N2O3/c1-17-4-3-10(13(17)19)16-12(18)11-8(14)5-7(20-2)6-9(11)15/h5-6,10H,3-4H2,1-2H3,(H,16,18).